The number of amides is 2. The Balaban J connectivity index is 2.65. The van der Waals surface area contributed by atoms with Gasteiger partial charge in [-0.05, 0) is 45.3 Å². The Labute approximate surface area is 271 Å². The Morgan fingerprint density at radius 3 is 1.64 bits per heavy atom. The highest BCUT2D eigenvalue weighted by atomic mass is 16.5. The molecule has 1 fully saturated rings. The molecule has 1 saturated heterocycles. The average Bonchev–Trinajstić information content (AvgIpc) is 3.04. The van der Waals surface area contributed by atoms with Gasteiger partial charge in [-0.15, -0.1) is 0 Å². The molecule has 44 heavy (non-hydrogen) atoms. The molecular formula is C36H70N4O4. The van der Waals surface area contributed by atoms with Gasteiger partial charge in [-0.2, -0.15) is 0 Å². The first kappa shape index (κ1) is 40.4. The van der Waals surface area contributed by atoms with E-state index in [-0.39, 0.29) is 11.9 Å². The molecule has 0 N–H and O–H groups in total. The Morgan fingerprint density at radius 2 is 1.07 bits per heavy atom. The number of nitrogens with zero attached hydrogens (tertiary/aromatic N) is 4. The Hall–Kier alpha value is -1.67. The maximum absolute atomic E-state index is 13.3. The van der Waals surface area contributed by atoms with Gasteiger partial charge < -0.3 is 19.4 Å². The third-order valence-electron chi connectivity index (χ3n) is 8.93. The van der Waals surface area contributed by atoms with Crippen LogP contribution in [-0.4, -0.2) is 110 Å². The lowest BCUT2D eigenvalue weighted by Gasteiger charge is -2.34. The molecule has 2 amide bonds. The summed E-state index contributed by atoms with van der Waals surface area (Å²) in [6.07, 6.45) is 23.2. The fourth-order valence-corrected chi connectivity index (χ4v) is 5.90. The van der Waals surface area contributed by atoms with E-state index in [0.717, 1.165) is 71.2 Å². The number of unbranched alkanes of at least 4 members (excludes halogenated alkanes) is 14. The van der Waals surface area contributed by atoms with Crippen LogP contribution in [0.2, 0.25) is 0 Å². The van der Waals surface area contributed by atoms with E-state index in [9.17, 15) is 14.4 Å². The van der Waals surface area contributed by atoms with Crippen molar-refractivity contribution in [2.45, 2.75) is 143 Å². The van der Waals surface area contributed by atoms with E-state index in [1.54, 1.807) is 4.90 Å². The SMILES string of the molecule is CCCCCCCCCN(CCCC(=O)OCCCCC)CCN(CCCCCCCCC)CC(=O)N1CCN(C=O)CC1. The first-order chi connectivity index (χ1) is 21.5. The molecule has 1 aliphatic rings. The quantitative estimate of drug-likeness (QED) is 0.0493. The van der Waals surface area contributed by atoms with Crippen LogP contribution in [0.4, 0.5) is 0 Å². The van der Waals surface area contributed by atoms with Gasteiger partial charge in [-0.1, -0.05) is 111 Å². The molecule has 8 nitrogen and oxygen atoms in total. The first-order valence-corrected chi connectivity index (χ1v) is 18.6. The number of hydrogen-bond acceptors (Lipinski definition) is 6. The highest BCUT2D eigenvalue weighted by Gasteiger charge is 2.22. The number of esters is 1. The molecule has 0 aromatic carbocycles. The summed E-state index contributed by atoms with van der Waals surface area (Å²) < 4.78 is 5.44. The number of carbonyl (C=O) groups is 3. The van der Waals surface area contributed by atoms with Crippen molar-refractivity contribution in [2.24, 2.45) is 0 Å². The molecule has 8 heteroatoms. The molecule has 0 bridgehead atoms. The van der Waals surface area contributed by atoms with Crippen molar-refractivity contribution in [3.8, 4) is 0 Å². The predicted octanol–water partition coefficient (Wildman–Crippen LogP) is 6.91. The van der Waals surface area contributed by atoms with Gasteiger partial charge in [0.1, 0.15) is 0 Å². The second-order valence-corrected chi connectivity index (χ2v) is 12.9. The van der Waals surface area contributed by atoms with Gasteiger partial charge in [-0.3, -0.25) is 19.3 Å². The lowest BCUT2D eigenvalue weighted by molar-refractivity contribution is -0.144. The second-order valence-electron chi connectivity index (χ2n) is 12.9. The maximum Gasteiger partial charge on any atom is 0.305 e. The van der Waals surface area contributed by atoms with Crippen molar-refractivity contribution in [3.63, 3.8) is 0 Å². The zero-order valence-electron chi connectivity index (χ0n) is 29.2. The summed E-state index contributed by atoms with van der Waals surface area (Å²) in [7, 11) is 0. The van der Waals surface area contributed by atoms with Crippen molar-refractivity contribution in [1.29, 1.82) is 0 Å². The van der Waals surface area contributed by atoms with Gasteiger partial charge in [0.05, 0.1) is 13.2 Å². The molecule has 0 aliphatic carbocycles. The number of carbonyl (C=O) groups excluding carboxylic acids is 3. The van der Waals surface area contributed by atoms with Crippen LogP contribution in [0.1, 0.15) is 143 Å². The number of hydrogen-bond donors (Lipinski definition) is 0. The van der Waals surface area contributed by atoms with E-state index < -0.39 is 0 Å². The molecule has 0 radical (unpaired) electrons. The Kier molecular flexibility index (Phi) is 26.4. The van der Waals surface area contributed by atoms with Crippen molar-refractivity contribution in [1.82, 2.24) is 19.6 Å². The molecule has 1 heterocycles. The van der Waals surface area contributed by atoms with E-state index in [1.165, 1.54) is 83.5 Å². The smallest absolute Gasteiger partial charge is 0.305 e. The van der Waals surface area contributed by atoms with Crippen molar-refractivity contribution in [2.75, 3.05) is 72.1 Å². The minimum Gasteiger partial charge on any atom is -0.466 e. The zero-order chi connectivity index (χ0) is 32.1. The minimum atomic E-state index is -0.0715. The van der Waals surface area contributed by atoms with Crippen LogP contribution in [0, 0.1) is 0 Å². The van der Waals surface area contributed by atoms with Crippen LogP contribution in [0.5, 0.6) is 0 Å². The highest BCUT2D eigenvalue weighted by Crippen LogP contribution is 2.11. The lowest BCUT2D eigenvalue weighted by atomic mass is 10.1. The van der Waals surface area contributed by atoms with E-state index in [4.69, 9.17) is 4.74 Å². The van der Waals surface area contributed by atoms with E-state index in [0.29, 0.717) is 45.8 Å². The van der Waals surface area contributed by atoms with E-state index >= 15 is 0 Å². The first-order valence-electron chi connectivity index (χ1n) is 18.6. The summed E-state index contributed by atoms with van der Waals surface area (Å²) in [5.74, 6) is 0.112. The standard InChI is InChI=1S/C36H70N4O4/c1-4-7-10-12-14-16-18-23-37(25-21-22-36(43)44-32-20-9-6-3)26-27-38(24-19-17-15-13-11-8-5-2)33-35(42)40-30-28-39(34-41)29-31-40/h34H,4-33H2,1-3H3. The molecule has 0 atom stereocenters. The van der Waals surface area contributed by atoms with Crippen LogP contribution < -0.4 is 0 Å². The zero-order valence-corrected chi connectivity index (χ0v) is 29.2. The minimum absolute atomic E-state index is 0.0715. The molecular weight excluding hydrogens is 552 g/mol. The van der Waals surface area contributed by atoms with Crippen LogP contribution in [0.25, 0.3) is 0 Å². The van der Waals surface area contributed by atoms with E-state index in [1.807, 2.05) is 4.90 Å². The normalized spacial score (nSPS) is 13.7. The molecule has 0 saturated carbocycles. The van der Waals surface area contributed by atoms with Gasteiger partial charge in [0.15, 0.2) is 0 Å². The predicted molar refractivity (Wildman–Crippen MR) is 183 cm³/mol. The fourth-order valence-electron chi connectivity index (χ4n) is 5.90. The van der Waals surface area contributed by atoms with Gasteiger partial charge in [-0.25, -0.2) is 0 Å². The lowest BCUT2D eigenvalue weighted by Crippen LogP contribution is -2.51. The maximum atomic E-state index is 13.3. The van der Waals surface area contributed by atoms with Crippen molar-refractivity contribution in [3.05, 3.63) is 0 Å². The molecule has 1 aliphatic heterocycles. The molecule has 258 valence electrons. The number of rotatable bonds is 30. The summed E-state index contributed by atoms with van der Waals surface area (Å²) >= 11 is 0. The van der Waals surface area contributed by atoms with Crippen LogP contribution in [-0.2, 0) is 19.1 Å². The Morgan fingerprint density at radius 1 is 0.591 bits per heavy atom. The topological polar surface area (TPSA) is 73.4 Å². The number of piperazine rings is 1. The van der Waals surface area contributed by atoms with Crippen molar-refractivity contribution >= 4 is 18.3 Å². The Bertz CT molecular complexity index is 700. The average molecular weight is 623 g/mol. The van der Waals surface area contributed by atoms with Crippen molar-refractivity contribution < 1.29 is 19.1 Å². The summed E-state index contributed by atoms with van der Waals surface area (Å²) in [5, 5.41) is 0. The highest BCUT2D eigenvalue weighted by molar-refractivity contribution is 5.78. The molecule has 0 spiro atoms. The summed E-state index contributed by atoms with van der Waals surface area (Å²) in [6, 6.07) is 0. The van der Waals surface area contributed by atoms with Crippen LogP contribution in [0.15, 0.2) is 0 Å². The van der Waals surface area contributed by atoms with Crippen LogP contribution >= 0.6 is 0 Å². The molecule has 0 aromatic rings. The van der Waals surface area contributed by atoms with Gasteiger partial charge >= 0.3 is 5.97 Å². The molecule has 0 unspecified atom stereocenters. The van der Waals surface area contributed by atoms with Gasteiger partial charge in [0, 0.05) is 45.7 Å². The largest absolute Gasteiger partial charge is 0.466 e. The summed E-state index contributed by atoms with van der Waals surface area (Å²) in [4.78, 5) is 45.2. The second kappa shape index (κ2) is 28.8. The van der Waals surface area contributed by atoms with Gasteiger partial charge in [0.25, 0.3) is 0 Å². The third kappa shape index (κ3) is 21.9. The van der Waals surface area contributed by atoms with Crippen LogP contribution in [0.3, 0.4) is 0 Å². The monoisotopic (exact) mass is 623 g/mol. The third-order valence-corrected chi connectivity index (χ3v) is 8.93. The number of ether oxygens (including phenoxy) is 1. The summed E-state index contributed by atoms with van der Waals surface area (Å²) in [5.41, 5.74) is 0. The summed E-state index contributed by atoms with van der Waals surface area (Å²) in [6.45, 7) is 14.8. The van der Waals surface area contributed by atoms with Gasteiger partial charge in [0.2, 0.25) is 12.3 Å². The molecule has 0 aromatic heterocycles. The van der Waals surface area contributed by atoms with E-state index in [2.05, 4.69) is 30.6 Å². The fraction of sp³-hybridized carbons (Fsp3) is 0.917. The molecule has 1 rings (SSSR count).